The smallest absolute Gasteiger partial charge is 0.264 e. The van der Waals surface area contributed by atoms with Gasteiger partial charge in [-0.05, 0) is 60.0 Å². The van der Waals surface area contributed by atoms with Crippen molar-refractivity contribution in [1.82, 2.24) is 14.2 Å². The summed E-state index contributed by atoms with van der Waals surface area (Å²) in [5.74, 6) is -0.474. The molecule has 0 saturated carbocycles. The molecule has 1 spiro atoms. The van der Waals surface area contributed by atoms with Gasteiger partial charge in [0.25, 0.3) is 10.1 Å². The summed E-state index contributed by atoms with van der Waals surface area (Å²) in [4.78, 5) is 21.3. The number of benzene rings is 2. The average molecular weight is 621 g/mol. The van der Waals surface area contributed by atoms with Crippen molar-refractivity contribution < 1.29 is 30.6 Å². The molecule has 3 fully saturated rings. The third kappa shape index (κ3) is 5.42. The summed E-state index contributed by atoms with van der Waals surface area (Å²) < 4.78 is 64.6. The Morgan fingerprint density at radius 1 is 0.976 bits per heavy atom. The van der Waals surface area contributed by atoms with Crippen LogP contribution in [0.1, 0.15) is 12.8 Å². The molecular formula is C27H29ClN4O7S2. The molecule has 1 unspecified atom stereocenters. The number of hydrogen-bond donors (Lipinski definition) is 0. The predicted molar refractivity (Wildman–Crippen MR) is 152 cm³/mol. The van der Waals surface area contributed by atoms with Crippen LogP contribution in [0, 0.1) is 0 Å². The van der Waals surface area contributed by atoms with E-state index in [0.717, 1.165) is 21.6 Å². The van der Waals surface area contributed by atoms with Gasteiger partial charge in [0, 0.05) is 36.2 Å². The zero-order valence-corrected chi connectivity index (χ0v) is 24.7. The second-order valence-electron chi connectivity index (χ2n) is 10.8. The first kappa shape index (κ1) is 28.3. The molecule has 3 aliphatic heterocycles. The molecule has 218 valence electrons. The van der Waals surface area contributed by atoms with Gasteiger partial charge in [-0.15, -0.1) is 0 Å². The summed E-state index contributed by atoms with van der Waals surface area (Å²) in [6.45, 7) is 0.301. The Morgan fingerprint density at radius 2 is 1.66 bits per heavy atom. The summed E-state index contributed by atoms with van der Waals surface area (Å²) in [6.07, 6.45) is 5.47. The van der Waals surface area contributed by atoms with Crippen molar-refractivity contribution in [2.24, 2.45) is 0 Å². The van der Waals surface area contributed by atoms with Crippen molar-refractivity contribution in [2.45, 2.75) is 29.1 Å². The molecule has 0 radical (unpaired) electrons. The van der Waals surface area contributed by atoms with Gasteiger partial charge in [-0.25, -0.2) is 8.42 Å². The normalized spacial score (nSPS) is 23.3. The van der Waals surface area contributed by atoms with Gasteiger partial charge in [-0.1, -0.05) is 23.7 Å². The highest BCUT2D eigenvalue weighted by Gasteiger charge is 2.61. The standard InChI is InChI=1S/C27H29ClN4O7S2/c1-40(34,35)38-19-27-18-31(41(36,37)24-5-3-20-14-22(28)4-2-21(20)15-24)16-25(33)32(27)17-26(39-27)8-12-30(13-9-26)23-6-10-29-11-7-23/h2-7,10-11,14-15H,8-9,12-13,16-19H2,1H3. The van der Waals surface area contributed by atoms with Crippen LogP contribution in [0.2, 0.25) is 5.02 Å². The lowest BCUT2D eigenvalue weighted by Crippen LogP contribution is -2.65. The molecule has 0 aliphatic carbocycles. The van der Waals surface area contributed by atoms with Gasteiger partial charge < -0.3 is 14.5 Å². The first-order valence-electron chi connectivity index (χ1n) is 13.1. The zero-order valence-electron chi connectivity index (χ0n) is 22.3. The van der Waals surface area contributed by atoms with Gasteiger partial charge in [-0.3, -0.25) is 14.0 Å². The fourth-order valence-corrected chi connectivity index (χ4v) is 7.98. The quantitative estimate of drug-likeness (QED) is 0.382. The Balaban J connectivity index is 1.30. The highest BCUT2D eigenvalue weighted by atomic mass is 35.5. The van der Waals surface area contributed by atoms with E-state index < -0.39 is 50.5 Å². The number of nitrogens with zero attached hydrogens (tertiary/aromatic N) is 4. The van der Waals surface area contributed by atoms with Crippen LogP contribution in [-0.4, -0.2) is 93.8 Å². The monoisotopic (exact) mass is 620 g/mol. The fourth-order valence-electron chi connectivity index (χ4n) is 5.94. The molecule has 0 bridgehead atoms. The number of fused-ring (bicyclic) bond motifs is 2. The number of rotatable bonds is 6. The van der Waals surface area contributed by atoms with Crippen molar-refractivity contribution >= 4 is 54.1 Å². The minimum Gasteiger partial charge on any atom is -0.371 e. The van der Waals surface area contributed by atoms with E-state index >= 15 is 0 Å². The number of amides is 1. The Labute approximate surface area is 243 Å². The van der Waals surface area contributed by atoms with Gasteiger partial charge in [0.05, 0.1) is 36.4 Å². The van der Waals surface area contributed by atoms with Crippen molar-refractivity contribution in [3.05, 3.63) is 65.9 Å². The first-order valence-corrected chi connectivity index (χ1v) is 16.7. The van der Waals surface area contributed by atoms with Gasteiger partial charge in [0.1, 0.15) is 6.61 Å². The van der Waals surface area contributed by atoms with E-state index in [-0.39, 0.29) is 18.0 Å². The van der Waals surface area contributed by atoms with E-state index in [1.54, 1.807) is 36.7 Å². The Hall–Kier alpha value is -2.81. The van der Waals surface area contributed by atoms with Gasteiger partial charge in [0.2, 0.25) is 15.9 Å². The van der Waals surface area contributed by atoms with Crippen LogP contribution in [0.5, 0.6) is 0 Å². The van der Waals surface area contributed by atoms with Crippen LogP contribution in [0.4, 0.5) is 5.69 Å². The molecular weight excluding hydrogens is 592 g/mol. The molecule has 41 heavy (non-hydrogen) atoms. The molecule has 3 aromatic rings. The lowest BCUT2D eigenvalue weighted by atomic mass is 9.91. The number of ether oxygens (including phenoxy) is 1. The highest BCUT2D eigenvalue weighted by Crippen LogP contribution is 2.44. The number of hydrogen-bond acceptors (Lipinski definition) is 9. The van der Waals surface area contributed by atoms with E-state index in [1.165, 1.54) is 17.0 Å². The predicted octanol–water partition coefficient (Wildman–Crippen LogP) is 2.46. The van der Waals surface area contributed by atoms with Crippen LogP contribution in [-0.2, 0) is 33.9 Å². The van der Waals surface area contributed by atoms with Crippen molar-refractivity contribution in [2.75, 3.05) is 50.5 Å². The maximum atomic E-state index is 13.8. The summed E-state index contributed by atoms with van der Waals surface area (Å²) in [5.41, 5.74) is -1.36. The molecule has 3 saturated heterocycles. The molecule has 4 heterocycles. The second-order valence-corrected chi connectivity index (χ2v) is 14.8. The zero-order chi connectivity index (χ0) is 29.0. The Kier molecular flexibility index (Phi) is 7.03. The molecule has 3 aliphatic rings. The average Bonchev–Trinajstić information content (AvgIpc) is 3.26. The number of aromatic nitrogens is 1. The van der Waals surface area contributed by atoms with E-state index in [9.17, 15) is 21.6 Å². The first-order chi connectivity index (χ1) is 19.4. The van der Waals surface area contributed by atoms with E-state index in [1.807, 2.05) is 12.1 Å². The number of carbonyl (C=O) groups is 1. The lowest BCUT2D eigenvalue weighted by Gasteiger charge is -2.44. The van der Waals surface area contributed by atoms with Gasteiger partial charge in [-0.2, -0.15) is 12.7 Å². The minimum absolute atomic E-state index is 0.00567. The Morgan fingerprint density at radius 3 is 2.37 bits per heavy atom. The number of pyridine rings is 1. The molecule has 11 nitrogen and oxygen atoms in total. The van der Waals surface area contributed by atoms with E-state index in [0.29, 0.717) is 36.3 Å². The number of sulfonamides is 1. The van der Waals surface area contributed by atoms with E-state index in [2.05, 4.69) is 9.88 Å². The molecule has 14 heteroatoms. The molecule has 1 aromatic heterocycles. The van der Waals surface area contributed by atoms with Gasteiger partial charge in [0.15, 0.2) is 5.72 Å². The number of halogens is 1. The summed E-state index contributed by atoms with van der Waals surface area (Å²) >= 11 is 6.07. The second kappa shape index (κ2) is 10.2. The number of piperazine rings is 1. The van der Waals surface area contributed by atoms with Crippen LogP contribution < -0.4 is 4.90 Å². The molecule has 1 amide bonds. The van der Waals surface area contributed by atoms with Crippen LogP contribution >= 0.6 is 11.6 Å². The summed E-state index contributed by atoms with van der Waals surface area (Å²) in [7, 11) is -8.08. The lowest BCUT2D eigenvalue weighted by molar-refractivity contribution is -0.187. The van der Waals surface area contributed by atoms with Crippen LogP contribution in [0.3, 0.4) is 0 Å². The molecule has 0 N–H and O–H groups in total. The third-order valence-electron chi connectivity index (χ3n) is 7.99. The van der Waals surface area contributed by atoms with E-state index in [4.69, 9.17) is 20.5 Å². The summed E-state index contributed by atoms with van der Waals surface area (Å²) in [5, 5.41) is 1.98. The molecule has 6 rings (SSSR count). The maximum absolute atomic E-state index is 13.8. The topological polar surface area (TPSA) is 126 Å². The molecule has 1 atom stereocenters. The van der Waals surface area contributed by atoms with Gasteiger partial charge >= 0.3 is 0 Å². The van der Waals surface area contributed by atoms with Crippen LogP contribution in [0.15, 0.2) is 65.8 Å². The third-order valence-corrected chi connectivity index (χ3v) is 10.6. The number of anilines is 1. The van der Waals surface area contributed by atoms with Crippen molar-refractivity contribution in [3.8, 4) is 0 Å². The number of carbonyl (C=O) groups excluding carboxylic acids is 1. The van der Waals surface area contributed by atoms with Crippen LogP contribution in [0.25, 0.3) is 10.8 Å². The Bertz CT molecular complexity index is 1710. The maximum Gasteiger partial charge on any atom is 0.264 e. The van der Waals surface area contributed by atoms with Crippen molar-refractivity contribution in [3.63, 3.8) is 0 Å². The summed E-state index contributed by atoms with van der Waals surface area (Å²) in [6, 6.07) is 13.6. The SMILES string of the molecule is CS(=O)(=O)OCC12CN(S(=O)(=O)c3ccc4cc(Cl)ccc4c3)CC(=O)N1CC1(CCN(c3ccncc3)CC1)O2. The van der Waals surface area contributed by atoms with Crippen molar-refractivity contribution in [1.29, 1.82) is 0 Å². The highest BCUT2D eigenvalue weighted by molar-refractivity contribution is 7.89. The fraction of sp³-hybridized carbons (Fsp3) is 0.407. The largest absolute Gasteiger partial charge is 0.371 e. The number of piperidine rings is 1. The molecule has 2 aromatic carbocycles. The minimum atomic E-state index is -4.16.